The fourth-order valence-electron chi connectivity index (χ4n) is 2.25. The number of amides is 3. The van der Waals surface area contributed by atoms with Crippen LogP contribution in [0.4, 0.5) is 20.6 Å². The molecule has 0 unspecified atom stereocenters. The third-order valence-corrected chi connectivity index (χ3v) is 3.44. The predicted octanol–water partition coefficient (Wildman–Crippen LogP) is 3.42. The van der Waals surface area contributed by atoms with E-state index in [2.05, 4.69) is 16.0 Å². The van der Waals surface area contributed by atoms with E-state index in [1.807, 2.05) is 0 Å². The van der Waals surface area contributed by atoms with Crippen LogP contribution in [0.5, 0.6) is 5.75 Å². The van der Waals surface area contributed by atoms with E-state index >= 15 is 0 Å². The van der Waals surface area contributed by atoms with E-state index in [-0.39, 0.29) is 18.3 Å². The Morgan fingerprint density at radius 1 is 1.12 bits per heavy atom. The topological polar surface area (TPSA) is 79.5 Å². The second-order valence-corrected chi connectivity index (χ2v) is 5.49. The summed E-state index contributed by atoms with van der Waals surface area (Å²) < 4.78 is 18.5. The minimum Gasteiger partial charge on any atom is -0.495 e. The summed E-state index contributed by atoms with van der Waals surface area (Å²) in [5.74, 6) is -0.0400. The number of hydrogen-bond donors (Lipinski definition) is 3. The van der Waals surface area contributed by atoms with Gasteiger partial charge in [0.15, 0.2) is 0 Å². The molecule has 0 atom stereocenters. The number of rotatable bonds is 5. The summed E-state index contributed by atoms with van der Waals surface area (Å²) >= 11 is 0. The van der Waals surface area contributed by atoms with Crippen molar-refractivity contribution in [2.45, 2.75) is 20.4 Å². The Kier molecular flexibility index (Phi) is 5.94. The number of ether oxygens (including phenoxy) is 1. The highest BCUT2D eigenvalue weighted by Crippen LogP contribution is 2.27. The van der Waals surface area contributed by atoms with Crippen LogP contribution in [0.2, 0.25) is 0 Å². The average Bonchev–Trinajstić information content (AvgIpc) is 2.56. The first-order valence-corrected chi connectivity index (χ1v) is 7.64. The Morgan fingerprint density at radius 2 is 1.88 bits per heavy atom. The van der Waals surface area contributed by atoms with Crippen molar-refractivity contribution in [1.29, 1.82) is 0 Å². The van der Waals surface area contributed by atoms with Gasteiger partial charge in [0, 0.05) is 19.2 Å². The van der Waals surface area contributed by atoms with E-state index in [0.29, 0.717) is 22.7 Å². The molecule has 0 spiro atoms. The zero-order valence-electron chi connectivity index (χ0n) is 14.3. The van der Waals surface area contributed by atoms with E-state index in [0.717, 1.165) is 5.56 Å². The van der Waals surface area contributed by atoms with Crippen LogP contribution in [0.3, 0.4) is 0 Å². The Labute approximate surface area is 145 Å². The molecule has 2 aromatic rings. The number of methoxy groups -OCH3 is 1. The van der Waals surface area contributed by atoms with Crippen LogP contribution in [0.1, 0.15) is 18.1 Å². The summed E-state index contributed by atoms with van der Waals surface area (Å²) in [5, 5.41) is 8.00. The van der Waals surface area contributed by atoms with Gasteiger partial charge in [-0.25, -0.2) is 9.18 Å². The van der Waals surface area contributed by atoms with Gasteiger partial charge in [0.05, 0.1) is 12.8 Å². The van der Waals surface area contributed by atoms with Crippen molar-refractivity contribution >= 4 is 23.3 Å². The Hall–Kier alpha value is -3.09. The van der Waals surface area contributed by atoms with Crippen LogP contribution in [-0.2, 0) is 11.3 Å². The molecule has 3 N–H and O–H groups in total. The molecule has 3 amide bonds. The Morgan fingerprint density at radius 3 is 2.52 bits per heavy atom. The molecule has 0 saturated heterocycles. The van der Waals surface area contributed by atoms with E-state index in [4.69, 9.17) is 4.74 Å². The van der Waals surface area contributed by atoms with Crippen LogP contribution in [0.15, 0.2) is 36.4 Å². The lowest BCUT2D eigenvalue weighted by atomic mass is 10.1. The van der Waals surface area contributed by atoms with Crippen molar-refractivity contribution in [3.8, 4) is 5.75 Å². The zero-order valence-corrected chi connectivity index (χ0v) is 14.3. The molecule has 0 saturated carbocycles. The van der Waals surface area contributed by atoms with Gasteiger partial charge < -0.3 is 20.7 Å². The minimum absolute atomic E-state index is 0.216. The number of benzene rings is 2. The standard InChI is InChI=1S/C18H20FN3O3/c1-11-8-13(4-6-15(11)19)10-20-18(24)22-16-9-14(21-12(2)23)5-7-17(16)25-3/h4-9H,10H2,1-3H3,(H,21,23)(H2,20,22,24). The quantitative estimate of drug-likeness (QED) is 0.777. The number of carbonyl (C=O) groups excluding carboxylic acids is 2. The molecule has 0 fully saturated rings. The first-order chi connectivity index (χ1) is 11.9. The van der Waals surface area contributed by atoms with Crippen LogP contribution in [-0.4, -0.2) is 19.0 Å². The second-order valence-electron chi connectivity index (χ2n) is 5.49. The first kappa shape index (κ1) is 18.3. The smallest absolute Gasteiger partial charge is 0.319 e. The molecule has 0 aliphatic rings. The van der Waals surface area contributed by atoms with E-state index in [9.17, 15) is 14.0 Å². The summed E-state index contributed by atoms with van der Waals surface area (Å²) in [4.78, 5) is 23.2. The van der Waals surface area contributed by atoms with Crippen molar-refractivity contribution < 1.29 is 18.7 Å². The summed E-state index contributed by atoms with van der Waals surface area (Å²) in [6, 6.07) is 9.12. The van der Waals surface area contributed by atoms with Crippen molar-refractivity contribution in [1.82, 2.24) is 5.32 Å². The van der Waals surface area contributed by atoms with E-state index in [1.54, 1.807) is 37.3 Å². The monoisotopic (exact) mass is 345 g/mol. The summed E-state index contributed by atoms with van der Waals surface area (Å²) in [7, 11) is 1.48. The number of halogens is 1. The summed E-state index contributed by atoms with van der Waals surface area (Å²) in [6.07, 6.45) is 0. The number of urea groups is 1. The number of hydrogen-bond acceptors (Lipinski definition) is 3. The fraction of sp³-hybridized carbons (Fsp3) is 0.222. The van der Waals surface area contributed by atoms with Gasteiger partial charge in [-0.2, -0.15) is 0 Å². The Balaban J connectivity index is 2.03. The fourth-order valence-corrected chi connectivity index (χ4v) is 2.25. The van der Waals surface area contributed by atoms with Gasteiger partial charge in [0.25, 0.3) is 0 Å². The van der Waals surface area contributed by atoms with Gasteiger partial charge >= 0.3 is 6.03 Å². The van der Waals surface area contributed by atoms with E-state index < -0.39 is 6.03 Å². The highest BCUT2D eigenvalue weighted by molar-refractivity contribution is 5.94. The molecule has 0 aromatic heterocycles. The number of aryl methyl sites for hydroxylation is 1. The van der Waals surface area contributed by atoms with Gasteiger partial charge in [-0.05, 0) is 42.3 Å². The van der Waals surface area contributed by atoms with Crippen LogP contribution < -0.4 is 20.7 Å². The van der Waals surface area contributed by atoms with Gasteiger partial charge in [0.2, 0.25) is 5.91 Å². The highest BCUT2D eigenvalue weighted by atomic mass is 19.1. The van der Waals surface area contributed by atoms with Crippen molar-refractivity contribution in [3.05, 3.63) is 53.3 Å². The lowest BCUT2D eigenvalue weighted by Gasteiger charge is -2.13. The molecule has 0 aliphatic heterocycles. The lowest BCUT2D eigenvalue weighted by Crippen LogP contribution is -2.28. The van der Waals surface area contributed by atoms with Crippen LogP contribution in [0, 0.1) is 12.7 Å². The number of nitrogens with one attached hydrogen (secondary N) is 3. The highest BCUT2D eigenvalue weighted by Gasteiger charge is 2.09. The zero-order chi connectivity index (χ0) is 18.4. The lowest BCUT2D eigenvalue weighted by molar-refractivity contribution is -0.114. The molecule has 25 heavy (non-hydrogen) atoms. The average molecular weight is 345 g/mol. The maximum atomic E-state index is 13.3. The Bertz CT molecular complexity index is 793. The van der Waals surface area contributed by atoms with Gasteiger partial charge in [-0.1, -0.05) is 12.1 Å². The number of anilines is 2. The molecular weight excluding hydrogens is 325 g/mol. The molecule has 132 valence electrons. The molecule has 0 radical (unpaired) electrons. The van der Waals surface area contributed by atoms with Crippen molar-refractivity contribution in [2.24, 2.45) is 0 Å². The molecule has 2 aromatic carbocycles. The first-order valence-electron chi connectivity index (χ1n) is 7.64. The maximum absolute atomic E-state index is 13.3. The van der Waals surface area contributed by atoms with Crippen molar-refractivity contribution in [2.75, 3.05) is 17.7 Å². The molecule has 2 rings (SSSR count). The summed E-state index contributed by atoms with van der Waals surface area (Å²) in [5.41, 5.74) is 2.26. The van der Waals surface area contributed by atoms with Crippen molar-refractivity contribution in [3.63, 3.8) is 0 Å². The second kappa shape index (κ2) is 8.14. The minimum atomic E-state index is -0.444. The number of carbonyl (C=O) groups is 2. The third-order valence-electron chi connectivity index (χ3n) is 3.44. The molecule has 7 heteroatoms. The van der Waals surface area contributed by atoms with E-state index in [1.165, 1.54) is 20.1 Å². The van der Waals surface area contributed by atoms with Gasteiger partial charge in [-0.15, -0.1) is 0 Å². The SMILES string of the molecule is COc1ccc(NC(C)=O)cc1NC(=O)NCc1ccc(F)c(C)c1. The van der Waals surface area contributed by atoms with Crippen LogP contribution in [0.25, 0.3) is 0 Å². The summed E-state index contributed by atoms with van der Waals surface area (Å²) in [6.45, 7) is 3.31. The van der Waals surface area contributed by atoms with Crippen LogP contribution >= 0.6 is 0 Å². The molecule has 0 aliphatic carbocycles. The molecule has 6 nitrogen and oxygen atoms in total. The van der Waals surface area contributed by atoms with Gasteiger partial charge in [0.1, 0.15) is 11.6 Å². The third kappa shape index (κ3) is 5.20. The molecule has 0 bridgehead atoms. The maximum Gasteiger partial charge on any atom is 0.319 e. The predicted molar refractivity (Wildman–Crippen MR) is 94.3 cm³/mol. The normalized spacial score (nSPS) is 10.1. The molecule has 0 heterocycles. The van der Waals surface area contributed by atoms with Gasteiger partial charge in [-0.3, -0.25) is 4.79 Å². The molecular formula is C18H20FN3O3. The largest absolute Gasteiger partial charge is 0.495 e.